The van der Waals surface area contributed by atoms with Gasteiger partial charge in [-0.05, 0) is 31.4 Å². The molecule has 2 aromatic rings. The Balaban J connectivity index is 2.04. The van der Waals surface area contributed by atoms with Crippen LogP contribution in [0.3, 0.4) is 0 Å². The number of aryl methyl sites for hydroxylation is 1. The average molecular weight is 399 g/mol. The van der Waals surface area contributed by atoms with Gasteiger partial charge < -0.3 is 10.2 Å². The molecule has 0 aliphatic carbocycles. The molecule has 5 heteroatoms. The van der Waals surface area contributed by atoms with Crippen molar-refractivity contribution in [1.82, 2.24) is 10.2 Å². The maximum atomic E-state index is 13.0. The summed E-state index contributed by atoms with van der Waals surface area (Å²) in [6, 6.07) is 17.7. The molecule has 0 fully saturated rings. The Bertz CT molecular complexity index is 764. The molecule has 0 unspecified atom stereocenters. The van der Waals surface area contributed by atoms with E-state index in [0.29, 0.717) is 18.8 Å². The monoisotopic (exact) mass is 398 g/mol. The van der Waals surface area contributed by atoms with Crippen molar-refractivity contribution in [2.75, 3.05) is 12.3 Å². The van der Waals surface area contributed by atoms with E-state index >= 15 is 0 Å². The molecule has 1 N–H and O–H groups in total. The summed E-state index contributed by atoms with van der Waals surface area (Å²) in [7, 11) is 0. The van der Waals surface area contributed by atoms with Gasteiger partial charge in [-0.1, -0.05) is 67.1 Å². The third kappa shape index (κ3) is 7.04. The number of amides is 2. The van der Waals surface area contributed by atoms with Gasteiger partial charge >= 0.3 is 0 Å². The Morgan fingerprint density at radius 2 is 1.79 bits per heavy atom. The molecular weight excluding hydrogens is 368 g/mol. The topological polar surface area (TPSA) is 49.4 Å². The van der Waals surface area contributed by atoms with Crippen LogP contribution >= 0.6 is 11.8 Å². The van der Waals surface area contributed by atoms with E-state index in [1.54, 1.807) is 23.6 Å². The zero-order valence-corrected chi connectivity index (χ0v) is 17.8. The van der Waals surface area contributed by atoms with E-state index in [4.69, 9.17) is 0 Å². The first-order valence-electron chi connectivity index (χ1n) is 9.75. The molecule has 0 aliphatic heterocycles. The molecule has 0 heterocycles. The predicted octanol–water partition coefficient (Wildman–Crippen LogP) is 4.17. The van der Waals surface area contributed by atoms with Crippen molar-refractivity contribution in [2.24, 2.45) is 0 Å². The second-order valence-corrected chi connectivity index (χ2v) is 7.94. The number of nitrogens with zero attached hydrogens (tertiary/aromatic N) is 1. The molecule has 0 aromatic heterocycles. The lowest BCUT2D eigenvalue weighted by Crippen LogP contribution is -2.48. The van der Waals surface area contributed by atoms with Gasteiger partial charge in [0.2, 0.25) is 11.8 Å². The van der Waals surface area contributed by atoms with Crippen molar-refractivity contribution in [1.29, 1.82) is 0 Å². The zero-order chi connectivity index (χ0) is 20.4. The Labute approximate surface area is 172 Å². The van der Waals surface area contributed by atoms with Crippen molar-refractivity contribution >= 4 is 23.6 Å². The van der Waals surface area contributed by atoms with Crippen molar-refractivity contribution in [3.05, 3.63) is 71.3 Å². The molecule has 0 bridgehead atoms. The van der Waals surface area contributed by atoms with E-state index in [9.17, 15) is 9.59 Å². The van der Waals surface area contributed by atoms with Crippen molar-refractivity contribution in [3.63, 3.8) is 0 Å². The highest BCUT2D eigenvalue weighted by atomic mass is 32.2. The van der Waals surface area contributed by atoms with Gasteiger partial charge in [-0.2, -0.15) is 0 Å². The number of rotatable bonds is 10. The Morgan fingerprint density at radius 3 is 2.46 bits per heavy atom. The molecule has 2 amide bonds. The van der Waals surface area contributed by atoms with Gasteiger partial charge in [0.15, 0.2) is 0 Å². The van der Waals surface area contributed by atoms with Crippen LogP contribution < -0.4 is 5.32 Å². The lowest BCUT2D eigenvalue weighted by Gasteiger charge is -2.29. The van der Waals surface area contributed by atoms with Crippen LogP contribution in [0.1, 0.15) is 37.0 Å². The second kappa shape index (κ2) is 11.5. The van der Waals surface area contributed by atoms with Crippen molar-refractivity contribution < 1.29 is 9.59 Å². The van der Waals surface area contributed by atoms with E-state index in [1.807, 2.05) is 50.2 Å². The first-order valence-corrected chi connectivity index (χ1v) is 10.9. The predicted molar refractivity (Wildman–Crippen MR) is 117 cm³/mol. The fraction of sp³-hybridized carbons (Fsp3) is 0.391. The number of hydrogen-bond donors (Lipinski definition) is 1. The quantitative estimate of drug-likeness (QED) is 0.653. The molecule has 2 aromatic carbocycles. The van der Waals surface area contributed by atoms with Gasteiger partial charge in [0.05, 0.1) is 5.75 Å². The molecule has 150 valence electrons. The molecule has 1 atom stereocenters. The van der Waals surface area contributed by atoms with Gasteiger partial charge in [0.1, 0.15) is 6.04 Å². The van der Waals surface area contributed by atoms with Crippen LogP contribution in [-0.4, -0.2) is 35.1 Å². The first kappa shape index (κ1) is 22.0. The lowest BCUT2D eigenvalue weighted by molar-refractivity contribution is -0.138. The second-order valence-electron chi connectivity index (χ2n) is 6.96. The van der Waals surface area contributed by atoms with Crippen LogP contribution in [0.5, 0.6) is 0 Å². The fourth-order valence-corrected chi connectivity index (χ4v) is 3.77. The highest BCUT2D eigenvalue weighted by Crippen LogP contribution is 2.16. The molecule has 4 nitrogen and oxygen atoms in total. The van der Waals surface area contributed by atoms with Crippen molar-refractivity contribution in [2.45, 2.75) is 45.5 Å². The van der Waals surface area contributed by atoms with Crippen molar-refractivity contribution in [3.8, 4) is 0 Å². The number of nitrogens with one attached hydrogen (secondary N) is 1. The average Bonchev–Trinajstić information content (AvgIpc) is 2.70. The molecule has 0 radical (unpaired) electrons. The number of thioether (sulfide) groups is 1. The minimum Gasteiger partial charge on any atom is -0.354 e. The van der Waals surface area contributed by atoms with Crippen LogP contribution in [0.15, 0.2) is 54.6 Å². The maximum absolute atomic E-state index is 13.0. The summed E-state index contributed by atoms with van der Waals surface area (Å²) in [6.45, 7) is 6.91. The molecule has 0 aliphatic rings. The third-order valence-electron chi connectivity index (χ3n) is 4.49. The largest absolute Gasteiger partial charge is 0.354 e. The Morgan fingerprint density at radius 1 is 1.07 bits per heavy atom. The van der Waals surface area contributed by atoms with Crippen LogP contribution in [0.2, 0.25) is 0 Å². The summed E-state index contributed by atoms with van der Waals surface area (Å²) in [4.78, 5) is 27.1. The molecular formula is C23H30N2O2S. The third-order valence-corrected chi connectivity index (χ3v) is 5.48. The molecule has 0 saturated carbocycles. The number of carbonyl (C=O) groups is 2. The minimum absolute atomic E-state index is 0.0124. The van der Waals surface area contributed by atoms with E-state index in [0.717, 1.165) is 23.3 Å². The summed E-state index contributed by atoms with van der Waals surface area (Å²) in [6.07, 6.45) is 0.872. The summed E-state index contributed by atoms with van der Waals surface area (Å²) in [5.74, 6) is 1.02. The lowest BCUT2D eigenvalue weighted by atomic mass is 10.1. The van der Waals surface area contributed by atoms with Gasteiger partial charge in [0, 0.05) is 18.8 Å². The highest BCUT2D eigenvalue weighted by Gasteiger charge is 2.25. The van der Waals surface area contributed by atoms with Gasteiger partial charge in [-0.3, -0.25) is 9.59 Å². The zero-order valence-electron chi connectivity index (χ0n) is 17.0. The van der Waals surface area contributed by atoms with E-state index in [-0.39, 0.29) is 11.8 Å². The molecule has 28 heavy (non-hydrogen) atoms. The van der Waals surface area contributed by atoms with Gasteiger partial charge in [-0.15, -0.1) is 11.8 Å². The van der Waals surface area contributed by atoms with Crippen LogP contribution in [0.25, 0.3) is 0 Å². The van der Waals surface area contributed by atoms with Crippen LogP contribution in [0, 0.1) is 6.92 Å². The highest BCUT2D eigenvalue weighted by molar-refractivity contribution is 7.99. The molecule has 2 rings (SSSR count). The standard InChI is InChI=1S/C23H30N2O2S/c1-4-13-24-23(27)19(3)25(15-21-12-8-9-18(2)14-21)22(26)17-28-16-20-10-6-5-7-11-20/h5-12,14,19H,4,13,15-17H2,1-3H3,(H,24,27)/t19-/m0/s1. The van der Waals surface area contributed by atoms with E-state index in [1.165, 1.54) is 5.56 Å². The Kier molecular flexibility index (Phi) is 9.08. The summed E-state index contributed by atoms with van der Waals surface area (Å²) >= 11 is 1.58. The summed E-state index contributed by atoms with van der Waals surface area (Å²) in [5.41, 5.74) is 3.38. The number of carbonyl (C=O) groups excluding carboxylic acids is 2. The summed E-state index contributed by atoms with van der Waals surface area (Å²) < 4.78 is 0. The normalized spacial score (nSPS) is 11.7. The minimum atomic E-state index is -0.503. The fourth-order valence-electron chi connectivity index (χ4n) is 2.90. The number of benzene rings is 2. The SMILES string of the molecule is CCCNC(=O)[C@H](C)N(Cc1cccc(C)c1)C(=O)CSCc1ccccc1. The summed E-state index contributed by atoms with van der Waals surface area (Å²) in [5, 5.41) is 2.91. The van der Waals surface area contributed by atoms with Gasteiger partial charge in [0.25, 0.3) is 0 Å². The first-order chi connectivity index (χ1) is 13.5. The molecule has 0 spiro atoms. The molecule has 0 saturated heterocycles. The van der Waals surface area contributed by atoms with Crippen LogP contribution in [0.4, 0.5) is 0 Å². The number of hydrogen-bond acceptors (Lipinski definition) is 3. The smallest absolute Gasteiger partial charge is 0.242 e. The Hall–Kier alpha value is -2.27. The van der Waals surface area contributed by atoms with E-state index < -0.39 is 6.04 Å². The van der Waals surface area contributed by atoms with Gasteiger partial charge in [-0.25, -0.2) is 0 Å². The van der Waals surface area contributed by atoms with E-state index in [2.05, 4.69) is 23.5 Å². The van der Waals surface area contributed by atoms with Crippen LogP contribution in [-0.2, 0) is 21.9 Å². The maximum Gasteiger partial charge on any atom is 0.242 e.